The van der Waals surface area contributed by atoms with Crippen LogP contribution < -0.4 is 4.74 Å². The van der Waals surface area contributed by atoms with Crippen LogP contribution >= 0.6 is 0 Å². The molecule has 1 heterocycles. The Balaban J connectivity index is 2.19. The van der Waals surface area contributed by atoms with E-state index in [9.17, 15) is 18.4 Å². The second-order valence-corrected chi connectivity index (χ2v) is 4.74. The van der Waals surface area contributed by atoms with Gasteiger partial charge in [-0.15, -0.1) is 0 Å². The number of hydrogen-bond donors (Lipinski definition) is 0. The number of carbonyl (C=O) groups is 2. The summed E-state index contributed by atoms with van der Waals surface area (Å²) in [6.45, 7) is -0.611. The Morgan fingerprint density at radius 2 is 2.10 bits per heavy atom. The summed E-state index contributed by atoms with van der Waals surface area (Å²) in [4.78, 5) is 25.3. The molecule has 1 saturated heterocycles. The van der Waals surface area contributed by atoms with Crippen LogP contribution in [0.3, 0.4) is 0 Å². The Labute approximate surface area is 115 Å². The van der Waals surface area contributed by atoms with Crippen molar-refractivity contribution < 1.29 is 23.1 Å². The molecule has 1 amide bonds. The van der Waals surface area contributed by atoms with Crippen molar-refractivity contribution in [1.29, 1.82) is 0 Å². The predicted molar refractivity (Wildman–Crippen MR) is 67.8 cm³/mol. The second kappa shape index (κ2) is 5.98. The summed E-state index contributed by atoms with van der Waals surface area (Å²) < 4.78 is 29.0. The van der Waals surface area contributed by atoms with Crippen LogP contribution in [0.5, 0.6) is 5.75 Å². The van der Waals surface area contributed by atoms with Crippen LogP contribution in [0, 0.1) is 5.92 Å². The van der Waals surface area contributed by atoms with Crippen molar-refractivity contribution >= 4 is 11.7 Å². The van der Waals surface area contributed by atoms with Gasteiger partial charge in [-0.3, -0.25) is 9.59 Å². The zero-order valence-electron chi connectivity index (χ0n) is 11.0. The number of benzene rings is 1. The number of Topliss-reactive ketones (excluding diaryl/α,β-unsaturated/α-hetero) is 1. The molecule has 1 atom stereocenters. The standard InChI is InChI=1S/C14H15F2NO3/c1-9-8-17(7-6-11(9)18)13(19)10-4-2-3-5-12(10)20-14(15)16/h2-5,9,14H,6-8H2,1H3. The van der Waals surface area contributed by atoms with Crippen LogP contribution in [-0.4, -0.2) is 36.3 Å². The van der Waals surface area contributed by atoms with Crippen LogP contribution in [0.1, 0.15) is 23.7 Å². The van der Waals surface area contributed by atoms with E-state index in [0.717, 1.165) is 0 Å². The smallest absolute Gasteiger partial charge is 0.387 e. The zero-order valence-corrected chi connectivity index (χ0v) is 11.0. The summed E-state index contributed by atoms with van der Waals surface area (Å²) >= 11 is 0. The lowest BCUT2D eigenvalue weighted by Crippen LogP contribution is -2.43. The molecule has 1 aromatic rings. The SMILES string of the molecule is CC1CN(C(=O)c2ccccc2OC(F)F)CCC1=O. The number of halogens is 2. The number of ketones is 1. The lowest BCUT2D eigenvalue weighted by atomic mass is 9.98. The molecule has 108 valence electrons. The monoisotopic (exact) mass is 283 g/mol. The molecule has 1 aliphatic rings. The van der Waals surface area contributed by atoms with E-state index in [-0.39, 0.29) is 28.9 Å². The van der Waals surface area contributed by atoms with Crippen molar-refractivity contribution in [2.24, 2.45) is 5.92 Å². The fourth-order valence-corrected chi connectivity index (χ4v) is 2.21. The van der Waals surface area contributed by atoms with Crippen molar-refractivity contribution in [2.75, 3.05) is 13.1 Å². The number of piperidine rings is 1. The molecule has 0 N–H and O–H groups in total. The van der Waals surface area contributed by atoms with Crippen LogP contribution in [0.25, 0.3) is 0 Å². The van der Waals surface area contributed by atoms with Crippen LogP contribution in [0.15, 0.2) is 24.3 Å². The summed E-state index contributed by atoms with van der Waals surface area (Å²) in [6, 6.07) is 5.89. The molecule has 1 aliphatic heterocycles. The fraction of sp³-hybridized carbons (Fsp3) is 0.429. The minimum Gasteiger partial charge on any atom is -0.434 e. The molecule has 4 nitrogen and oxygen atoms in total. The minimum absolute atomic E-state index is 0.0920. The Kier molecular flexibility index (Phi) is 4.32. The highest BCUT2D eigenvalue weighted by Crippen LogP contribution is 2.24. The highest BCUT2D eigenvalue weighted by molar-refractivity contribution is 5.98. The first-order valence-electron chi connectivity index (χ1n) is 6.35. The van der Waals surface area contributed by atoms with E-state index in [4.69, 9.17) is 0 Å². The van der Waals surface area contributed by atoms with Gasteiger partial charge in [-0.05, 0) is 12.1 Å². The number of hydrogen-bond acceptors (Lipinski definition) is 3. The van der Waals surface area contributed by atoms with E-state index in [1.54, 1.807) is 13.0 Å². The predicted octanol–water partition coefficient (Wildman–Crippen LogP) is 2.34. The van der Waals surface area contributed by atoms with Crippen molar-refractivity contribution in [3.8, 4) is 5.75 Å². The molecule has 0 bridgehead atoms. The number of amides is 1. The van der Waals surface area contributed by atoms with Gasteiger partial charge in [0.25, 0.3) is 5.91 Å². The summed E-state index contributed by atoms with van der Waals surface area (Å²) in [5, 5.41) is 0. The molecule has 1 aromatic carbocycles. The normalized spacial score (nSPS) is 19.3. The number of ether oxygens (including phenoxy) is 1. The van der Waals surface area contributed by atoms with Crippen molar-refractivity contribution in [3.63, 3.8) is 0 Å². The Morgan fingerprint density at radius 3 is 2.75 bits per heavy atom. The van der Waals surface area contributed by atoms with Gasteiger partial charge in [0.15, 0.2) is 0 Å². The summed E-state index contributed by atoms with van der Waals surface area (Å²) in [7, 11) is 0. The first-order chi connectivity index (χ1) is 9.49. The van der Waals surface area contributed by atoms with Gasteiger partial charge < -0.3 is 9.64 Å². The first kappa shape index (κ1) is 14.4. The number of likely N-dealkylation sites (tertiary alicyclic amines) is 1. The lowest BCUT2D eigenvalue weighted by molar-refractivity contribution is -0.124. The fourth-order valence-electron chi connectivity index (χ4n) is 2.21. The average Bonchev–Trinajstić information content (AvgIpc) is 2.41. The van der Waals surface area contributed by atoms with E-state index in [1.807, 2.05) is 0 Å². The third-order valence-electron chi connectivity index (χ3n) is 3.29. The highest BCUT2D eigenvalue weighted by atomic mass is 19.3. The van der Waals surface area contributed by atoms with Crippen molar-refractivity contribution in [3.05, 3.63) is 29.8 Å². The molecule has 2 rings (SSSR count). The van der Waals surface area contributed by atoms with Gasteiger partial charge in [0.05, 0.1) is 5.56 Å². The number of rotatable bonds is 3. The van der Waals surface area contributed by atoms with Gasteiger partial charge in [0.1, 0.15) is 11.5 Å². The summed E-state index contributed by atoms with van der Waals surface area (Å²) in [5.41, 5.74) is 0.0920. The number of carbonyl (C=O) groups excluding carboxylic acids is 2. The van der Waals surface area contributed by atoms with E-state index in [1.165, 1.54) is 23.1 Å². The van der Waals surface area contributed by atoms with Gasteiger partial charge >= 0.3 is 6.61 Å². The first-order valence-corrected chi connectivity index (χ1v) is 6.35. The molecule has 6 heteroatoms. The van der Waals surface area contributed by atoms with E-state index in [0.29, 0.717) is 19.5 Å². The zero-order chi connectivity index (χ0) is 14.7. The molecule has 1 fully saturated rings. The molecule has 0 aromatic heterocycles. The third-order valence-corrected chi connectivity index (χ3v) is 3.29. The molecular weight excluding hydrogens is 268 g/mol. The van der Waals surface area contributed by atoms with E-state index >= 15 is 0 Å². The largest absolute Gasteiger partial charge is 0.434 e. The third kappa shape index (κ3) is 3.12. The van der Waals surface area contributed by atoms with E-state index < -0.39 is 6.61 Å². The van der Waals surface area contributed by atoms with Crippen molar-refractivity contribution in [1.82, 2.24) is 4.90 Å². The Morgan fingerprint density at radius 1 is 1.40 bits per heavy atom. The maximum absolute atomic E-state index is 12.3. The Hall–Kier alpha value is -1.98. The number of nitrogens with zero attached hydrogens (tertiary/aromatic N) is 1. The number of alkyl halides is 2. The minimum atomic E-state index is -2.98. The molecule has 20 heavy (non-hydrogen) atoms. The van der Waals surface area contributed by atoms with Gasteiger partial charge in [-0.1, -0.05) is 19.1 Å². The molecular formula is C14H15F2NO3. The molecule has 0 spiro atoms. The van der Waals surface area contributed by atoms with Gasteiger partial charge in [-0.2, -0.15) is 8.78 Å². The topological polar surface area (TPSA) is 46.6 Å². The van der Waals surface area contributed by atoms with Crippen molar-refractivity contribution in [2.45, 2.75) is 20.0 Å². The second-order valence-electron chi connectivity index (χ2n) is 4.74. The maximum Gasteiger partial charge on any atom is 0.387 e. The lowest BCUT2D eigenvalue weighted by Gasteiger charge is -2.30. The van der Waals surface area contributed by atoms with Crippen LogP contribution in [0.4, 0.5) is 8.78 Å². The van der Waals surface area contributed by atoms with E-state index in [2.05, 4.69) is 4.74 Å². The van der Waals surface area contributed by atoms with Crippen LogP contribution in [0.2, 0.25) is 0 Å². The quantitative estimate of drug-likeness (QED) is 0.855. The van der Waals surface area contributed by atoms with Gasteiger partial charge in [-0.25, -0.2) is 0 Å². The highest BCUT2D eigenvalue weighted by Gasteiger charge is 2.28. The molecule has 0 saturated carbocycles. The maximum atomic E-state index is 12.3. The average molecular weight is 283 g/mol. The van der Waals surface area contributed by atoms with Gasteiger partial charge in [0.2, 0.25) is 0 Å². The molecule has 0 radical (unpaired) electrons. The summed E-state index contributed by atoms with van der Waals surface area (Å²) in [5.74, 6) is -0.639. The molecule has 0 aliphatic carbocycles. The summed E-state index contributed by atoms with van der Waals surface area (Å²) in [6.07, 6.45) is 0.296. The molecule has 1 unspecified atom stereocenters. The van der Waals surface area contributed by atoms with Crippen LogP contribution in [-0.2, 0) is 4.79 Å². The number of para-hydroxylation sites is 1. The van der Waals surface area contributed by atoms with Gasteiger partial charge in [0, 0.05) is 25.4 Å². The Bertz CT molecular complexity index is 519.